The third-order valence-electron chi connectivity index (χ3n) is 5.19. The molecule has 3 N–H and O–H groups in total. The Bertz CT molecular complexity index is 1130. The first-order valence-corrected chi connectivity index (χ1v) is 11.0. The third-order valence-corrected chi connectivity index (χ3v) is 6.85. The van der Waals surface area contributed by atoms with E-state index in [2.05, 4.69) is 5.32 Å². The Morgan fingerprint density at radius 1 is 1.12 bits per heavy atom. The van der Waals surface area contributed by atoms with E-state index in [9.17, 15) is 28.8 Å². The molecule has 11 heteroatoms. The van der Waals surface area contributed by atoms with Crippen molar-refractivity contribution >= 4 is 34.9 Å². The fourth-order valence-electron chi connectivity index (χ4n) is 3.79. The number of furan rings is 1. The van der Waals surface area contributed by atoms with E-state index in [1.54, 1.807) is 24.3 Å². The SMILES string of the molecule is O=C(Cc1ccccc1)N[C@@H]1C(=O)N2C(C(=O)O)=C(Cc3ccc(C(=O)O)o3)C[S+]([O-])[C@H]12. The van der Waals surface area contributed by atoms with Crippen molar-refractivity contribution in [2.24, 2.45) is 0 Å². The molecule has 0 bridgehead atoms. The monoisotopic (exact) mass is 458 g/mol. The lowest BCUT2D eigenvalue weighted by Crippen LogP contribution is -2.74. The van der Waals surface area contributed by atoms with Gasteiger partial charge in [-0.2, -0.15) is 0 Å². The molecule has 2 aliphatic rings. The largest absolute Gasteiger partial charge is 0.614 e. The van der Waals surface area contributed by atoms with Gasteiger partial charge in [-0.25, -0.2) is 9.59 Å². The lowest BCUT2D eigenvalue weighted by atomic mass is 10.0. The predicted molar refractivity (Wildman–Crippen MR) is 110 cm³/mol. The van der Waals surface area contributed by atoms with Crippen molar-refractivity contribution in [1.82, 2.24) is 10.2 Å². The Morgan fingerprint density at radius 3 is 2.47 bits per heavy atom. The number of benzene rings is 1. The van der Waals surface area contributed by atoms with Crippen LogP contribution in [-0.2, 0) is 38.4 Å². The molecule has 1 fully saturated rings. The summed E-state index contributed by atoms with van der Waals surface area (Å²) < 4.78 is 18.0. The van der Waals surface area contributed by atoms with Crippen LogP contribution in [0.3, 0.4) is 0 Å². The van der Waals surface area contributed by atoms with Crippen molar-refractivity contribution in [2.75, 3.05) is 5.75 Å². The number of carbonyl (C=O) groups excluding carboxylic acids is 2. The zero-order chi connectivity index (χ0) is 23.0. The van der Waals surface area contributed by atoms with Gasteiger partial charge in [-0.05, 0) is 28.9 Å². The van der Waals surface area contributed by atoms with E-state index in [1.807, 2.05) is 6.07 Å². The molecule has 1 saturated heterocycles. The highest BCUT2D eigenvalue weighted by Crippen LogP contribution is 2.37. The molecule has 2 aliphatic heterocycles. The highest BCUT2D eigenvalue weighted by Gasteiger charge is 2.60. The molecular weight excluding hydrogens is 440 g/mol. The molecule has 0 aliphatic carbocycles. The van der Waals surface area contributed by atoms with Gasteiger partial charge in [0.1, 0.15) is 17.2 Å². The zero-order valence-electron chi connectivity index (χ0n) is 16.5. The average Bonchev–Trinajstić information content (AvgIpc) is 3.21. The van der Waals surface area contributed by atoms with E-state index in [-0.39, 0.29) is 41.4 Å². The van der Waals surface area contributed by atoms with Crippen molar-refractivity contribution < 1.29 is 38.4 Å². The fraction of sp³-hybridized carbons (Fsp3) is 0.238. The second kappa shape index (κ2) is 8.52. The van der Waals surface area contributed by atoms with Gasteiger partial charge in [0.25, 0.3) is 5.91 Å². The lowest BCUT2D eigenvalue weighted by molar-refractivity contribution is -0.151. The van der Waals surface area contributed by atoms with Gasteiger partial charge in [-0.3, -0.25) is 14.5 Å². The van der Waals surface area contributed by atoms with E-state index < -0.39 is 46.3 Å². The maximum Gasteiger partial charge on any atom is 0.371 e. The fourth-order valence-corrected chi connectivity index (χ4v) is 5.48. The summed E-state index contributed by atoms with van der Waals surface area (Å²) in [5.41, 5.74) is 0.605. The van der Waals surface area contributed by atoms with Crippen LogP contribution in [0.4, 0.5) is 0 Å². The Balaban J connectivity index is 1.52. The molecule has 0 spiro atoms. The number of hydrogen-bond acceptors (Lipinski definition) is 6. The second-order valence-electron chi connectivity index (χ2n) is 7.34. The third kappa shape index (κ3) is 3.99. The summed E-state index contributed by atoms with van der Waals surface area (Å²) in [6, 6.07) is 10.4. The molecule has 3 heterocycles. The minimum atomic E-state index is -1.67. The van der Waals surface area contributed by atoms with Crippen LogP contribution < -0.4 is 5.32 Å². The van der Waals surface area contributed by atoms with Crippen molar-refractivity contribution in [3.8, 4) is 0 Å². The zero-order valence-corrected chi connectivity index (χ0v) is 17.3. The van der Waals surface area contributed by atoms with Gasteiger partial charge in [-0.15, -0.1) is 0 Å². The van der Waals surface area contributed by atoms with Crippen LogP contribution in [0.15, 0.2) is 58.2 Å². The Kier molecular flexibility index (Phi) is 5.76. The van der Waals surface area contributed by atoms with E-state index in [4.69, 9.17) is 9.52 Å². The maximum absolute atomic E-state index is 12.8. The van der Waals surface area contributed by atoms with E-state index in [0.717, 1.165) is 10.5 Å². The molecule has 166 valence electrons. The van der Waals surface area contributed by atoms with Crippen molar-refractivity contribution in [1.29, 1.82) is 0 Å². The number of nitrogens with zero attached hydrogens (tertiary/aromatic N) is 1. The summed E-state index contributed by atoms with van der Waals surface area (Å²) in [6.45, 7) is 0. The Hall–Kier alpha value is -3.57. The number of carboxylic acids is 2. The van der Waals surface area contributed by atoms with Crippen molar-refractivity contribution in [2.45, 2.75) is 24.3 Å². The van der Waals surface area contributed by atoms with Gasteiger partial charge in [0.2, 0.25) is 17.0 Å². The second-order valence-corrected chi connectivity index (χ2v) is 8.87. The highest BCUT2D eigenvalue weighted by molar-refractivity contribution is 7.92. The normalized spacial score (nSPS) is 22.2. The van der Waals surface area contributed by atoms with Gasteiger partial charge in [0, 0.05) is 12.0 Å². The minimum absolute atomic E-state index is 0.0290. The van der Waals surface area contributed by atoms with Gasteiger partial charge in [0.15, 0.2) is 6.04 Å². The number of amides is 2. The smallest absolute Gasteiger partial charge is 0.371 e. The average molecular weight is 458 g/mol. The molecule has 2 amide bonds. The summed E-state index contributed by atoms with van der Waals surface area (Å²) in [7, 11) is 0. The molecule has 0 radical (unpaired) electrons. The summed E-state index contributed by atoms with van der Waals surface area (Å²) >= 11 is -1.67. The molecule has 10 nitrogen and oxygen atoms in total. The first-order valence-electron chi connectivity index (χ1n) is 9.57. The van der Waals surface area contributed by atoms with Crippen LogP contribution in [0.25, 0.3) is 0 Å². The molecule has 1 aromatic carbocycles. The quantitative estimate of drug-likeness (QED) is 0.400. The topological polar surface area (TPSA) is 160 Å². The van der Waals surface area contributed by atoms with Crippen LogP contribution in [0, 0.1) is 0 Å². The van der Waals surface area contributed by atoms with Crippen LogP contribution in [0.2, 0.25) is 0 Å². The number of rotatable bonds is 7. The number of carboxylic acid groups (broad SMARTS) is 2. The molecular formula is C21H18N2O8S. The number of aromatic carboxylic acids is 1. The van der Waals surface area contributed by atoms with Gasteiger partial charge < -0.3 is 24.5 Å². The van der Waals surface area contributed by atoms with E-state index in [1.165, 1.54) is 12.1 Å². The summed E-state index contributed by atoms with van der Waals surface area (Å²) in [4.78, 5) is 48.9. The van der Waals surface area contributed by atoms with E-state index in [0.29, 0.717) is 0 Å². The maximum atomic E-state index is 12.8. The summed E-state index contributed by atoms with van der Waals surface area (Å²) in [6.07, 6.45) is -0.0799. The molecule has 2 aromatic rings. The molecule has 3 atom stereocenters. The summed E-state index contributed by atoms with van der Waals surface area (Å²) in [5.74, 6) is -4.04. The highest BCUT2D eigenvalue weighted by atomic mass is 32.2. The van der Waals surface area contributed by atoms with E-state index >= 15 is 0 Å². The standard InChI is InChI=1S/C21H18N2O8S/c24-15(8-11-4-2-1-3-5-11)22-16-18(25)23-17(21(28)29)12(10-32(30)19(16)23)9-13-6-7-14(31-13)20(26)27/h1-7,16,19H,8-10H2,(H,22,24)(H,26,27)(H,28,29)/t16-,19-,32?/m1/s1. The number of aliphatic carboxylic acids is 1. The number of carbonyl (C=O) groups is 4. The van der Waals surface area contributed by atoms with Crippen LogP contribution >= 0.6 is 0 Å². The molecule has 0 saturated carbocycles. The first-order chi connectivity index (χ1) is 15.3. The minimum Gasteiger partial charge on any atom is -0.614 e. The molecule has 4 rings (SSSR count). The Labute approximate surface area is 184 Å². The van der Waals surface area contributed by atoms with Gasteiger partial charge in [-0.1, -0.05) is 30.3 Å². The predicted octanol–water partition coefficient (Wildman–Crippen LogP) is 0.517. The van der Waals surface area contributed by atoms with Crippen molar-refractivity contribution in [3.63, 3.8) is 0 Å². The van der Waals surface area contributed by atoms with Crippen LogP contribution in [0.1, 0.15) is 21.9 Å². The lowest BCUT2D eigenvalue weighted by Gasteiger charge is -2.49. The first kappa shape index (κ1) is 21.7. The molecule has 1 aromatic heterocycles. The Morgan fingerprint density at radius 2 is 1.84 bits per heavy atom. The number of β-lactam (4-membered cyclic amide) rings is 1. The number of fused-ring (bicyclic) bond motifs is 1. The molecule has 32 heavy (non-hydrogen) atoms. The van der Waals surface area contributed by atoms with Gasteiger partial charge in [0.05, 0.1) is 6.42 Å². The van der Waals surface area contributed by atoms with Gasteiger partial charge >= 0.3 is 11.9 Å². The van der Waals surface area contributed by atoms with Crippen LogP contribution in [-0.4, -0.2) is 60.6 Å². The molecule has 1 unspecified atom stereocenters. The van der Waals surface area contributed by atoms with Crippen LogP contribution in [0.5, 0.6) is 0 Å². The summed E-state index contributed by atoms with van der Waals surface area (Å²) in [5, 5.41) is 20.3. The number of hydrogen-bond donors (Lipinski definition) is 3. The number of nitrogens with one attached hydrogen (secondary N) is 1. The van der Waals surface area contributed by atoms with Crippen molar-refractivity contribution in [3.05, 3.63) is 70.8 Å².